The second kappa shape index (κ2) is 9.54. The smallest absolute Gasteiger partial charge is 0.328 e. The summed E-state index contributed by atoms with van der Waals surface area (Å²) >= 11 is 0. The fourth-order valence-electron chi connectivity index (χ4n) is 4.35. The highest BCUT2D eigenvalue weighted by atomic mass is 32.2. The van der Waals surface area contributed by atoms with E-state index in [4.69, 9.17) is 4.74 Å². The first-order valence-corrected chi connectivity index (χ1v) is 11.6. The fraction of sp³-hybridized carbons (Fsp3) is 0.895. The molecule has 0 aromatic heterocycles. The molecule has 0 saturated carbocycles. The summed E-state index contributed by atoms with van der Waals surface area (Å²) < 4.78 is 32.7. The summed E-state index contributed by atoms with van der Waals surface area (Å²) in [6.07, 6.45) is 4.07. The highest BCUT2D eigenvalue weighted by Gasteiger charge is 2.43. The van der Waals surface area contributed by atoms with Crippen LogP contribution in [0.4, 0.5) is 0 Å². The molecule has 2 heterocycles. The Morgan fingerprint density at radius 1 is 1.11 bits per heavy atom. The maximum atomic E-state index is 13.2. The van der Waals surface area contributed by atoms with Crippen LogP contribution in [0.25, 0.3) is 0 Å². The van der Waals surface area contributed by atoms with Crippen molar-refractivity contribution in [1.29, 1.82) is 0 Å². The first-order valence-electron chi connectivity index (χ1n) is 10.1. The Morgan fingerprint density at radius 2 is 1.79 bits per heavy atom. The Labute approximate surface area is 169 Å². The summed E-state index contributed by atoms with van der Waals surface area (Å²) in [5.41, 5.74) is 0. The summed E-state index contributed by atoms with van der Waals surface area (Å²) in [6, 6.07) is -0.670. The monoisotopic (exact) mass is 417 g/mol. The summed E-state index contributed by atoms with van der Waals surface area (Å²) in [4.78, 5) is 28.4. The number of ether oxygens (including phenoxy) is 1. The van der Waals surface area contributed by atoms with Crippen LogP contribution in [0.1, 0.15) is 46.0 Å². The van der Waals surface area contributed by atoms with E-state index in [0.717, 1.165) is 25.8 Å². The standard InChI is InChI=1S/C19H35N3O5S/c1-14(2)17(19(24)27-5)21(4)18(23)15-10-12-22(13-15)28(25,26)16-9-7-6-8-11-20(16)3/h14-17H,6-13H2,1-5H3/t15-,16+,17-/m0/s1. The van der Waals surface area contributed by atoms with Crippen molar-refractivity contribution in [2.45, 2.75) is 57.4 Å². The van der Waals surface area contributed by atoms with Crippen molar-refractivity contribution in [2.75, 3.05) is 40.8 Å². The molecular weight excluding hydrogens is 382 g/mol. The average Bonchev–Trinajstić information content (AvgIpc) is 3.04. The first-order chi connectivity index (χ1) is 13.1. The maximum absolute atomic E-state index is 13.2. The topological polar surface area (TPSA) is 87.2 Å². The molecule has 2 saturated heterocycles. The van der Waals surface area contributed by atoms with Gasteiger partial charge in [-0.1, -0.05) is 26.7 Å². The summed E-state index contributed by atoms with van der Waals surface area (Å²) in [5.74, 6) is -1.17. The van der Waals surface area contributed by atoms with Crippen LogP contribution < -0.4 is 0 Å². The molecule has 9 heteroatoms. The van der Waals surface area contributed by atoms with Crippen LogP contribution in [0.3, 0.4) is 0 Å². The lowest BCUT2D eigenvalue weighted by molar-refractivity contribution is -0.155. The Bertz CT molecular complexity index is 666. The third-order valence-electron chi connectivity index (χ3n) is 6.00. The zero-order valence-electron chi connectivity index (χ0n) is 17.8. The number of methoxy groups -OCH3 is 1. The van der Waals surface area contributed by atoms with Crippen molar-refractivity contribution in [3.8, 4) is 0 Å². The van der Waals surface area contributed by atoms with Crippen LogP contribution in [-0.2, 0) is 24.3 Å². The number of hydrogen-bond acceptors (Lipinski definition) is 6. The molecule has 0 aromatic rings. The third-order valence-corrected chi connectivity index (χ3v) is 8.33. The van der Waals surface area contributed by atoms with Gasteiger partial charge in [-0.2, -0.15) is 4.31 Å². The molecule has 2 fully saturated rings. The fourth-order valence-corrected chi connectivity index (χ4v) is 6.47. The molecule has 162 valence electrons. The molecule has 0 radical (unpaired) electrons. The molecule has 8 nitrogen and oxygen atoms in total. The van der Waals surface area contributed by atoms with E-state index in [0.29, 0.717) is 19.4 Å². The van der Waals surface area contributed by atoms with Gasteiger partial charge < -0.3 is 9.64 Å². The van der Waals surface area contributed by atoms with Gasteiger partial charge in [0.1, 0.15) is 11.4 Å². The largest absolute Gasteiger partial charge is 0.467 e. The van der Waals surface area contributed by atoms with Gasteiger partial charge in [0.05, 0.1) is 13.0 Å². The molecular formula is C19H35N3O5S. The van der Waals surface area contributed by atoms with Crippen molar-refractivity contribution in [2.24, 2.45) is 11.8 Å². The molecule has 0 N–H and O–H groups in total. The van der Waals surface area contributed by atoms with Crippen LogP contribution in [0.15, 0.2) is 0 Å². The second-order valence-electron chi connectivity index (χ2n) is 8.33. The number of hydrogen-bond donors (Lipinski definition) is 0. The molecule has 1 amide bonds. The minimum atomic E-state index is -3.49. The maximum Gasteiger partial charge on any atom is 0.328 e. The van der Waals surface area contributed by atoms with Gasteiger partial charge in [-0.3, -0.25) is 9.69 Å². The number of likely N-dealkylation sites (N-methyl/N-ethyl adjacent to an activating group) is 1. The number of amides is 1. The zero-order chi connectivity index (χ0) is 21.1. The van der Waals surface area contributed by atoms with Crippen LogP contribution in [0.2, 0.25) is 0 Å². The Hall–Kier alpha value is -1.19. The van der Waals surface area contributed by atoms with Gasteiger partial charge in [0.25, 0.3) is 0 Å². The average molecular weight is 418 g/mol. The van der Waals surface area contributed by atoms with E-state index in [1.807, 2.05) is 25.8 Å². The van der Waals surface area contributed by atoms with Gasteiger partial charge in [0, 0.05) is 20.1 Å². The third kappa shape index (κ3) is 4.86. The molecule has 3 atom stereocenters. The van der Waals surface area contributed by atoms with Crippen molar-refractivity contribution >= 4 is 21.9 Å². The zero-order valence-corrected chi connectivity index (χ0v) is 18.6. The van der Waals surface area contributed by atoms with Gasteiger partial charge in [-0.25, -0.2) is 13.2 Å². The lowest BCUT2D eigenvalue weighted by Crippen LogP contribution is -2.49. The van der Waals surface area contributed by atoms with Gasteiger partial charge in [0.15, 0.2) is 0 Å². The molecule has 28 heavy (non-hydrogen) atoms. The minimum absolute atomic E-state index is 0.0951. The van der Waals surface area contributed by atoms with Gasteiger partial charge in [-0.05, 0) is 38.8 Å². The Balaban J connectivity index is 2.09. The van der Waals surface area contributed by atoms with E-state index in [1.165, 1.54) is 16.3 Å². The number of likely N-dealkylation sites (tertiary alicyclic amines) is 1. The summed E-state index contributed by atoms with van der Waals surface area (Å²) in [6.45, 7) is 5.03. The second-order valence-corrected chi connectivity index (χ2v) is 10.4. The predicted octanol–water partition coefficient (Wildman–Crippen LogP) is 1.13. The number of rotatable bonds is 6. The number of sulfonamides is 1. The summed E-state index contributed by atoms with van der Waals surface area (Å²) in [7, 11) is 1.28. The van der Waals surface area contributed by atoms with Crippen molar-refractivity contribution in [3.63, 3.8) is 0 Å². The molecule has 0 aliphatic carbocycles. The number of carbonyl (C=O) groups excluding carboxylic acids is 2. The van der Waals surface area contributed by atoms with Crippen molar-refractivity contribution in [3.05, 3.63) is 0 Å². The van der Waals surface area contributed by atoms with Crippen LogP contribution in [-0.4, -0.2) is 86.7 Å². The Morgan fingerprint density at radius 3 is 2.39 bits per heavy atom. The number of carbonyl (C=O) groups is 2. The molecule has 0 bridgehead atoms. The van der Waals surface area contributed by atoms with E-state index < -0.39 is 33.3 Å². The lowest BCUT2D eigenvalue weighted by atomic mass is 10.00. The normalized spacial score (nSPS) is 26.1. The Kier molecular flexibility index (Phi) is 7.87. The van der Waals surface area contributed by atoms with Gasteiger partial charge >= 0.3 is 5.97 Å². The quantitative estimate of drug-likeness (QED) is 0.602. The van der Waals surface area contributed by atoms with Crippen molar-refractivity contribution in [1.82, 2.24) is 14.1 Å². The van der Waals surface area contributed by atoms with Crippen LogP contribution in [0, 0.1) is 11.8 Å². The molecule has 2 aliphatic heterocycles. The van der Waals surface area contributed by atoms with E-state index in [2.05, 4.69) is 0 Å². The summed E-state index contributed by atoms with van der Waals surface area (Å²) in [5, 5.41) is -0.514. The van der Waals surface area contributed by atoms with Crippen molar-refractivity contribution < 1.29 is 22.7 Å². The molecule has 0 unspecified atom stereocenters. The highest BCUT2D eigenvalue weighted by Crippen LogP contribution is 2.28. The highest BCUT2D eigenvalue weighted by molar-refractivity contribution is 7.89. The van der Waals surface area contributed by atoms with E-state index in [9.17, 15) is 18.0 Å². The number of nitrogens with zero attached hydrogens (tertiary/aromatic N) is 3. The molecule has 0 aromatic carbocycles. The molecule has 2 aliphatic rings. The first kappa shape index (κ1) is 23.1. The van der Waals surface area contributed by atoms with E-state index in [1.54, 1.807) is 7.05 Å². The minimum Gasteiger partial charge on any atom is -0.467 e. The van der Waals surface area contributed by atoms with E-state index >= 15 is 0 Å². The lowest BCUT2D eigenvalue weighted by Gasteiger charge is -2.31. The predicted molar refractivity (Wildman–Crippen MR) is 107 cm³/mol. The SMILES string of the molecule is COC(=O)[C@H](C(C)C)N(C)C(=O)[C@H]1CCN(S(=O)(=O)[C@@H]2CCCCCN2C)C1. The van der Waals surface area contributed by atoms with Gasteiger partial charge in [-0.15, -0.1) is 0 Å². The molecule has 0 spiro atoms. The van der Waals surface area contributed by atoms with Crippen LogP contribution in [0.5, 0.6) is 0 Å². The molecule has 2 rings (SSSR count). The van der Waals surface area contributed by atoms with Gasteiger partial charge in [0.2, 0.25) is 15.9 Å². The van der Waals surface area contributed by atoms with E-state index in [-0.39, 0.29) is 18.4 Å². The van der Waals surface area contributed by atoms with Crippen LogP contribution >= 0.6 is 0 Å². The number of esters is 1.